The van der Waals surface area contributed by atoms with Crippen LogP contribution in [0.1, 0.15) is 31.1 Å². The molecule has 0 amide bonds. The van der Waals surface area contributed by atoms with E-state index in [1.807, 2.05) is 13.0 Å². The Labute approximate surface area is 97.3 Å². The number of rotatable bonds is 5. The Balaban J connectivity index is 1.96. The fraction of sp³-hybridized carbons (Fsp3) is 0.364. The molecule has 1 atom stereocenters. The van der Waals surface area contributed by atoms with Crippen molar-refractivity contribution in [3.63, 3.8) is 0 Å². The molecule has 0 aliphatic carbocycles. The molecule has 1 N–H and O–H groups in total. The topological polar surface area (TPSA) is 43.0 Å². The highest BCUT2D eigenvalue weighted by atomic mass is 19.3. The van der Waals surface area contributed by atoms with Gasteiger partial charge >= 0.3 is 6.55 Å². The fourth-order valence-electron chi connectivity index (χ4n) is 1.54. The zero-order valence-corrected chi connectivity index (χ0v) is 9.31. The van der Waals surface area contributed by atoms with Crippen LogP contribution in [0.25, 0.3) is 0 Å². The Morgan fingerprint density at radius 1 is 1.53 bits per heavy atom. The average Bonchev–Trinajstić information content (AvgIpc) is 2.96. The van der Waals surface area contributed by atoms with Crippen LogP contribution in [0.3, 0.4) is 0 Å². The molecule has 92 valence electrons. The van der Waals surface area contributed by atoms with E-state index < -0.39 is 6.55 Å². The van der Waals surface area contributed by atoms with Gasteiger partial charge in [-0.25, -0.2) is 4.98 Å². The largest absolute Gasteiger partial charge is 0.468 e. The van der Waals surface area contributed by atoms with Gasteiger partial charge in [-0.3, -0.25) is 4.57 Å². The maximum atomic E-state index is 12.5. The van der Waals surface area contributed by atoms with E-state index in [1.165, 1.54) is 12.4 Å². The van der Waals surface area contributed by atoms with Crippen LogP contribution in [0.2, 0.25) is 0 Å². The third kappa shape index (κ3) is 2.71. The van der Waals surface area contributed by atoms with E-state index in [0.717, 1.165) is 10.3 Å². The minimum Gasteiger partial charge on any atom is -0.468 e. The van der Waals surface area contributed by atoms with Crippen molar-refractivity contribution < 1.29 is 13.2 Å². The zero-order valence-electron chi connectivity index (χ0n) is 9.31. The summed E-state index contributed by atoms with van der Waals surface area (Å²) in [7, 11) is 0. The number of halogens is 2. The van der Waals surface area contributed by atoms with Gasteiger partial charge in [0.05, 0.1) is 18.8 Å². The van der Waals surface area contributed by atoms with Crippen molar-refractivity contribution in [3.05, 3.63) is 42.4 Å². The van der Waals surface area contributed by atoms with E-state index in [1.54, 1.807) is 12.3 Å². The predicted octanol–water partition coefficient (Wildman–Crippen LogP) is 2.72. The number of imidazole rings is 1. The molecule has 0 radical (unpaired) electrons. The van der Waals surface area contributed by atoms with Gasteiger partial charge in [-0.15, -0.1) is 0 Å². The molecule has 2 aromatic heterocycles. The lowest BCUT2D eigenvalue weighted by molar-refractivity contribution is 0.0664. The van der Waals surface area contributed by atoms with Crippen LogP contribution >= 0.6 is 0 Å². The quantitative estimate of drug-likeness (QED) is 0.875. The number of furan rings is 1. The highest BCUT2D eigenvalue weighted by Gasteiger charge is 2.13. The van der Waals surface area contributed by atoms with Gasteiger partial charge in [0.1, 0.15) is 11.6 Å². The Bertz CT molecular complexity index is 453. The molecule has 2 aromatic rings. The van der Waals surface area contributed by atoms with Crippen LogP contribution in [0.4, 0.5) is 8.78 Å². The number of nitrogens with one attached hydrogen (secondary N) is 1. The van der Waals surface area contributed by atoms with Gasteiger partial charge < -0.3 is 9.73 Å². The number of hydrogen-bond acceptors (Lipinski definition) is 3. The summed E-state index contributed by atoms with van der Waals surface area (Å²) in [5, 5.41) is 3.07. The van der Waals surface area contributed by atoms with Crippen molar-refractivity contribution in [2.45, 2.75) is 26.1 Å². The van der Waals surface area contributed by atoms with Crippen molar-refractivity contribution in [3.8, 4) is 0 Å². The summed E-state index contributed by atoms with van der Waals surface area (Å²) in [6.45, 7) is -0.401. The van der Waals surface area contributed by atoms with Gasteiger partial charge in [-0.05, 0) is 19.1 Å². The lowest BCUT2D eigenvalue weighted by Crippen LogP contribution is -2.20. The second-order valence-electron chi connectivity index (χ2n) is 3.65. The van der Waals surface area contributed by atoms with Crippen LogP contribution in [0.15, 0.2) is 35.2 Å². The number of hydrogen-bond donors (Lipinski definition) is 1. The van der Waals surface area contributed by atoms with E-state index in [2.05, 4.69) is 10.3 Å². The van der Waals surface area contributed by atoms with Crippen LogP contribution in [-0.2, 0) is 6.54 Å². The highest BCUT2D eigenvalue weighted by molar-refractivity contribution is 5.03. The normalized spacial score (nSPS) is 13.2. The van der Waals surface area contributed by atoms with Gasteiger partial charge in [0.25, 0.3) is 0 Å². The van der Waals surface area contributed by atoms with Crippen molar-refractivity contribution in [1.82, 2.24) is 14.9 Å². The summed E-state index contributed by atoms with van der Waals surface area (Å²) in [5.74, 6) is 1.07. The molecule has 6 heteroatoms. The van der Waals surface area contributed by atoms with Gasteiger partial charge in [0, 0.05) is 12.4 Å². The number of aromatic nitrogens is 2. The Morgan fingerprint density at radius 3 is 3.00 bits per heavy atom. The maximum Gasteiger partial charge on any atom is 0.319 e. The second-order valence-corrected chi connectivity index (χ2v) is 3.65. The van der Waals surface area contributed by atoms with Crippen molar-refractivity contribution in [1.29, 1.82) is 0 Å². The van der Waals surface area contributed by atoms with Crippen LogP contribution in [-0.4, -0.2) is 9.55 Å². The van der Waals surface area contributed by atoms with E-state index >= 15 is 0 Å². The van der Waals surface area contributed by atoms with Gasteiger partial charge in [0.2, 0.25) is 0 Å². The van der Waals surface area contributed by atoms with Gasteiger partial charge in [-0.2, -0.15) is 8.78 Å². The Kier molecular flexibility index (Phi) is 3.53. The molecule has 0 spiro atoms. The Hall–Kier alpha value is -1.69. The highest BCUT2D eigenvalue weighted by Crippen LogP contribution is 2.15. The molecule has 0 fully saturated rings. The predicted molar refractivity (Wildman–Crippen MR) is 57.4 cm³/mol. The first kappa shape index (κ1) is 11.8. The van der Waals surface area contributed by atoms with Crippen LogP contribution < -0.4 is 5.32 Å². The van der Waals surface area contributed by atoms with Crippen LogP contribution in [0, 0.1) is 0 Å². The first-order valence-electron chi connectivity index (χ1n) is 5.25. The number of nitrogens with zero attached hydrogens (tertiary/aromatic N) is 2. The minimum absolute atomic E-state index is 0.0483. The van der Waals surface area contributed by atoms with Crippen molar-refractivity contribution >= 4 is 0 Å². The summed E-state index contributed by atoms with van der Waals surface area (Å²) in [5.41, 5.74) is 0. The van der Waals surface area contributed by atoms with E-state index in [-0.39, 0.29) is 12.6 Å². The van der Waals surface area contributed by atoms with Crippen LogP contribution in [0.5, 0.6) is 0 Å². The summed E-state index contributed by atoms with van der Waals surface area (Å²) in [6.07, 6.45) is 4.20. The molecule has 0 aromatic carbocycles. The average molecular weight is 241 g/mol. The summed E-state index contributed by atoms with van der Waals surface area (Å²) >= 11 is 0. The molecule has 17 heavy (non-hydrogen) atoms. The van der Waals surface area contributed by atoms with E-state index in [9.17, 15) is 8.78 Å². The maximum absolute atomic E-state index is 12.5. The molecule has 0 unspecified atom stereocenters. The number of alkyl halides is 2. The molecule has 2 heterocycles. The van der Waals surface area contributed by atoms with E-state index in [4.69, 9.17) is 4.42 Å². The smallest absolute Gasteiger partial charge is 0.319 e. The Morgan fingerprint density at radius 2 is 2.35 bits per heavy atom. The van der Waals surface area contributed by atoms with E-state index in [0.29, 0.717) is 5.82 Å². The minimum atomic E-state index is -2.56. The SMILES string of the molecule is C[C@@H](NCc1nccn1C(F)F)c1ccco1. The second kappa shape index (κ2) is 5.09. The zero-order chi connectivity index (χ0) is 12.3. The van der Waals surface area contributed by atoms with Gasteiger partial charge in [0.15, 0.2) is 0 Å². The standard InChI is InChI=1S/C11H13F2N3O/c1-8(9-3-2-6-17-9)15-7-10-14-4-5-16(10)11(12)13/h2-6,8,11,15H,7H2,1H3/t8-/m1/s1. The molecule has 0 aliphatic heterocycles. The molecule has 0 aliphatic rings. The lowest BCUT2D eigenvalue weighted by Gasteiger charge is -2.12. The molecule has 0 saturated heterocycles. The molecule has 4 nitrogen and oxygen atoms in total. The summed E-state index contributed by atoms with van der Waals surface area (Å²) in [6, 6.07) is 3.57. The summed E-state index contributed by atoms with van der Waals surface area (Å²) in [4.78, 5) is 3.88. The van der Waals surface area contributed by atoms with Crippen molar-refractivity contribution in [2.24, 2.45) is 0 Å². The molecular weight excluding hydrogens is 228 g/mol. The monoisotopic (exact) mass is 241 g/mol. The molecular formula is C11H13F2N3O. The van der Waals surface area contributed by atoms with Crippen molar-refractivity contribution in [2.75, 3.05) is 0 Å². The molecule has 0 saturated carbocycles. The third-order valence-corrected chi connectivity index (χ3v) is 2.50. The van der Waals surface area contributed by atoms with Gasteiger partial charge in [-0.1, -0.05) is 0 Å². The summed E-state index contributed by atoms with van der Waals surface area (Å²) < 4.78 is 31.1. The molecule has 2 rings (SSSR count). The first-order chi connectivity index (χ1) is 8.18. The fourth-order valence-corrected chi connectivity index (χ4v) is 1.54. The third-order valence-electron chi connectivity index (χ3n) is 2.50. The molecule has 0 bridgehead atoms. The lowest BCUT2D eigenvalue weighted by atomic mass is 10.2. The first-order valence-corrected chi connectivity index (χ1v) is 5.25.